The molecule has 1 heterocycles. The van der Waals surface area contributed by atoms with Crippen LogP contribution in [0.15, 0.2) is 41.6 Å². The Morgan fingerprint density at radius 2 is 2.22 bits per heavy atom. The van der Waals surface area contributed by atoms with E-state index in [-0.39, 0.29) is 4.90 Å². The van der Waals surface area contributed by atoms with E-state index in [9.17, 15) is 8.42 Å². The van der Waals surface area contributed by atoms with Crippen LogP contribution in [-0.2, 0) is 16.6 Å². The molecule has 0 bridgehead atoms. The zero-order valence-electron chi connectivity index (χ0n) is 9.87. The van der Waals surface area contributed by atoms with Crippen molar-refractivity contribution in [2.45, 2.75) is 11.4 Å². The lowest BCUT2D eigenvalue weighted by Crippen LogP contribution is -2.26. The Bertz CT molecular complexity index is 622. The number of aromatic nitrogens is 2. The highest BCUT2D eigenvalue weighted by Gasteiger charge is 2.22. The number of nitrogens with zero attached hydrogens (tertiary/aromatic N) is 2. The van der Waals surface area contributed by atoms with Crippen LogP contribution < -0.4 is 10.0 Å². The van der Waals surface area contributed by atoms with Gasteiger partial charge in [0.1, 0.15) is 4.90 Å². The summed E-state index contributed by atoms with van der Waals surface area (Å²) in [5.41, 5.74) is 6.98. The Kier molecular flexibility index (Phi) is 3.35. The van der Waals surface area contributed by atoms with Gasteiger partial charge in [0.05, 0.1) is 11.9 Å². The van der Waals surface area contributed by atoms with Crippen LogP contribution in [0.1, 0.15) is 5.56 Å². The quantitative estimate of drug-likeness (QED) is 0.851. The second-order valence-corrected chi connectivity index (χ2v) is 5.75. The van der Waals surface area contributed by atoms with Crippen LogP contribution >= 0.6 is 0 Å². The molecule has 18 heavy (non-hydrogen) atoms. The minimum absolute atomic E-state index is 0.128. The van der Waals surface area contributed by atoms with Crippen LogP contribution in [0.3, 0.4) is 0 Å². The molecule has 0 atom stereocenters. The van der Waals surface area contributed by atoms with Crippen LogP contribution in [0, 0.1) is 0 Å². The Hall–Kier alpha value is -1.86. The van der Waals surface area contributed by atoms with Gasteiger partial charge in [-0.25, -0.2) is 8.42 Å². The molecule has 0 fully saturated rings. The monoisotopic (exact) mass is 266 g/mol. The normalized spacial score (nSPS) is 11.4. The lowest BCUT2D eigenvalue weighted by atomic mass is 10.2. The van der Waals surface area contributed by atoms with E-state index in [0.717, 1.165) is 5.56 Å². The van der Waals surface area contributed by atoms with Gasteiger partial charge < -0.3 is 5.73 Å². The molecule has 1 aromatic heterocycles. The van der Waals surface area contributed by atoms with Crippen LogP contribution in [0.2, 0.25) is 0 Å². The third-order valence-electron chi connectivity index (χ3n) is 2.64. The molecule has 7 heteroatoms. The summed E-state index contributed by atoms with van der Waals surface area (Å²) >= 11 is 0. The van der Waals surface area contributed by atoms with Crippen molar-refractivity contribution in [1.29, 1.82) is 0 Å². The van der Waals surface area contributed by atoms with E-state index in [4.69, 9.17) is 5.73 Å². The lowest BCUT2D eigenvalue weighted by molar-refractivity contribution is 0.594. The van der Waals surface area contributed by atoms with E-state index in [0.29, 0.717) is 12.2 Å². The average molecular weight is 266 g/mol. The largest absolute Gasteiger partial charge is 0.326 e. The first kappa shape index (κ1) is 12.6. The average Bonchev–Trinajstić information content (AvgIpc) is 2.92. The molecule has 0 spiro atoms. The fraction of sp³-hybridized carbons (Fsp3) is 0.182. The summed E-state index contributed by atoms with van der Waals surface area (Å²) in [5.74, 6) is 0. The van der Waals surface area contributed by atoms with Crippen molar-refractivity contribution in [2.75, 3.05) is 11.4 Å². The van der Waals surface area contributed by atoms with Crippen LogP contribution in [0.5, 0.6) is 0 Å². The van der Waals surface area contributed by atoms with Gasteiger partial charge in [0.15, 0.2) is 0 Å². The standard InChI is InChI=1S/C11H14N4O2S/c1-15(10-4-2-3-9(5-10)6-12)18(16,17)11-7-13-14-8-11/h2-5,7-8H,6,12H2,1H3,(H,13,14). The molecule has 1 aromatic carbocycles. The van der Waals surface area contributed by atoms with Crippen molar-refractivity contribution in [3.8, 4) is 0 Å². The topological polar surface area (TPSA) is 92.1 Å². The summed E-state index contributed by atoms with van der Waals surface area (Å²) in [6.45, 7) is 0.368. The maximum absolute atomic E-state index is 12.2. The van der Waals surface area contributed by atoms with Gasteiger partial charge in [0.25, 0.3) is 10.0 Å². The molecule has 96 valence electrons. The molecular formula is C11H14N4O2S. The van der Waals surface area contributed by atoms with Crippen molar-refractivity contribution >= 4 is 15.7 Å². The molecule has 0 aliphatic carbocycles. The van der Waals surface area contributed by atoms with Gasteiger partial charge in [-0.3, -0.25) is 9.40 Å². The Balaban J connectivity index is 2.39. The maximum atomic E-state index is 12.2. The van der Waals surface area contributed by atoms with E-state index in [1.165, 1.54) is 23.7 Å². The number of aromatic amines is 1. The van der Waals surface area contributed by atoms with Crippen molar-refractivity contribution in [3.63, 3.8) is 0 Å². The van der Waals surface area contributed by atoms with Gasteiger partial charge in [0, 0.05) is 19.8 Å². The molecule has 3 N–H and O–H groups in total. The van der Waals surface area contributed by atoms with Crippen molar-refractivity contribution in [1.82, 2.24) is 10.2 Å². The van der Waals surface area contributed by atoms with E-state index in [1.54, 1.807) is 18.2 Å². The lowest BCUT2D eigenvalue weighted by Gasteiger charge is -2.18. The van der Waals surface area contributed by atoms with Crippen molar-refractivity contribution in [2.24, 2.45) is 5.73 Å². The number of benzene rings is 1. The van der Waals surface area contributed by atoms with Gasteiger partial charge >= 0.3 is 0 Å². The predicted octanol–water partition coefficient (Wildman–Crippen LogP) is 0.694. The molecular weight excluding hydrogens is 252 g/mol. The van der Waals surface area contributed by atoms with Crippen LogP contribution in [-0.4, -0.2) is 25.7 Å². The molecule has 0 unspecified atom stereocenters. The smallest absolute Gasteiger partial charge is 0.267 e. The number of nitrogens with two attached hydrogens (primary N) is 1. The fourth-order valence-electron chi connectivity index (χ4n) is 1.56. The summed E-state index contributed by atoms with van der Waals surface area (Å²) in [6.07, 6.45) is 2.62. The summed E-state index contributed by atoms with van der Waals surface area (Å²) in [7, 11) is -2.08. The number of nitrogens with one attached hydrogen (secondary N) is 1. The zero-order chi connectivity index (χ0) is 13.2. The molecule has 0 saturated heterocycles. The SMILES string of the molecule is CN(c1cccc(CN)c1)S(=O)(=O)c1cn[nH]c1. The number of hydrogen-bond acceptors (Lipinski definition) is 4. The Morgan fingerprint density at radius 3 is 2.83 bits per heavy atom. The van der Waals surface area contributed by atoms with E-state index in [1.807, 2.05) is 6.07 Å². The second kappa shape index (κ2) is 4.79. The summed E-state index contributed by atoms with van der Waals surface area (Å²) in [6, 6.07) is 7.09. The van der Waals surface area contributed by atoms with Crippen LogP contribution in [0.25, 0.3) is 0 Å². The van der Waals surface area contributed by atoms with Gasteiger partial charge in [-0.2, -0.15) is 5.10 Å². The van der Waals surface area contributed by atoms with E-state index < -0.39 is 10.0 Å². The Morgan fingerprint density at radius 1 is 1.44 bits per heavy atom. The molecule has 0 radical (unpaired) electrons. The summed E-state index contributed by atoms with van der Waals surface area (Å²) < 4.78 is 25.7. The Labute approximate surface area is 105 Å². The first-order valence-corrected chi connectivity index (χ1v) is 6.76. The molecule has 0 amide bonds. The number of sulfonamides is 1. The number of anilines is 1. The highest BCUT2D eigenvalue weighted by Crippen LogP contribution is 2.21. The van der Waals surface area contributed by atoms with Gasteiger partial charge in [-0.05, 0) is 17.7 Å². The fourth-order valence-corrected chi connectivity index (χ4v) is 2.65. The predicted molar refractivity (Wildman–Crippen MR) is 68.5 cm³/mol. The molecule has 2 aromatic rings. The highest BCUT2D eigenvalue weighted by atomic mass is 32.2. The van der Waals surface area contributed by atoms with Gasteiger partial charge in [-0.1, -0.05) is 12.1 Å². The number of H-pyrrole nitrogens is 1. The molecule has 0 aliphatic heterocycles. The van der Waals surface area contributed by atoms with Gasteiger partial charge in [0.2, 0.25) is 0 Å². The van der Waals surface area contributed by atoms with Gasteiger partial charge in [-0.15, -0.1) is 0 Å². The minimum Gasteiger partial charge on any atom is -0.326 e. The minimum atomic E-state index is -3.57. The van der Waals surface area contributed by atoms with Crippen molar-refractivity contribution in [3.05, 3.63) is 42.2 Å². The summed E-state index contributed by atoms with van der Waals surface area (Å²) in [5, 5.41) is 6.14. The molecule has 6 nitrogen and oxygen atoms in total. The summed E-state index contributed by atoms with van der Waals surface area (Å²) in [4.78, 5) is 0.128. The number of rotatable bonds is 4. The third-order valence-corrected chi connectivity index (χ3v) is 4.39. The first-order valence-electron chi connectivity index (χ1n) is 5.32. The highest BCUT2D eigenvalue weighted by molar-refractivity contribution is 7.92. The van der Waals surface area contributed by atoms with Crippen LogP contribution in [0.4, 0.5) is 5.69 Å². The van der Waals surface area contributed by atoms with E-state index >= 15 is 0 Å². The number of hydrogen-bond donors (Lipinski definition) is 2. The third kappa shape index (κ3) is 2.22. The second-order valence-electron chi connectivity index (χ2n) is 3.78. The molecule has 0 aliphatic rings. The molecule has 2 rings (SSSR count). The first-order chi connectivity index (χ1) is 8.55. The van der Waals surface area contributed by atoms with Crippen molar-refractivity contribution < 1.29 is 8.42 Å². The maximum Gasteiger partial charge on any atom is 0.267 e. The zero-order valence-corrected chi connectivity index (χ0v) is 10.7. The molecule has 0 saturated carbocycles. The van der Waals surface area contributed by atoms with E-state index in [2.05, 4.69) is 10.2 Å².